The third kappa shape index (κ3) is 4.07. The van der Waals surface area contributed by atoms with Gasteiger partial charge in [-0.3, -0.25) is 10.3 Å². The van der Waals surface area contributed by atoms with Crippen molar-refractivity contribution < 1.29 is 14.7 Å². The van der Waals surface area contributed by atoms with Gasteiger partial charge < -0.3 is 15.6 Å². The molecule has 1 atom stereocenters. The normalized spacial score (nSPS) is 11.9. The first-order chi connectivity index (χ1) is 12.6. The van der Waals surface area contributed by atoms with Crippen molar-refractivity contribution in [2.45, 2.75) is 12.3 Å². The van der Waals surface area contributed by atoms with Gasteiger partial charge in [-0.1, -0.05) is 12.1 Å². The summed E-state index contributed by atoms with van der Waals surface area (Å²) < 4.78 is 5.52. The van der Waals surface area contributed by atoms with Gasteiger partial charge in [0.1, 0.15) is 11.5 Å². The van der Waals surface area contributed by atoms with Crippen molar-refractivity contribution in [3.8, 4) is 11.5 Å². The Morgan fingerprint density at radius 3 is 2.58 bits per heavy atom. The Bertz CT molecular complexity index is 865. The maximum Gasteiger partial charge on any atom is 0.180 e. The lowest BCUT2D eigenvalue weighted by molar-refractivity contribution is 0.271. The van der Waals surface area contributed by atoms with Crippen LogP contribution in [-0.4, -0.2) is 24.3 Å². The van der Waals surface area contributed by atoms with Gasteiger partial charge in [0.2, 0.25) is 0 Å². The van der Waals surface area contributed by atoms with Crippen LogP contribution in [0, 0.1) is 0 Å². The highest BCUT2D eigenvalue weighted by molar-refractivity contribution is 7.13. The zero-order valence-electron chi connectivity index (χ0n) is 14.6. The van der Waals surface area contributed by atoms with Crippen molar-refractivity contribution in [2.75, 3.05) is 25.4 Å². The molecule has 1 aromatic heterocycles. The molecule has 0 aliphatic heterocycles. The van der Waals surface area contributed by atoms with Crippen LogP contribution in [0.1, 0.15) is 22.7 Å². The Labute approximate surface area is 156 Å². The number of nitrogens with zero attached hydrogens (tertiary/aromatic N) is 1. The lowest BCUT2D eigenvalue weighted by Crippen LogP contribution is -2.08. The first-order valence-corrected chi connectivity index (χ1v) is 8.94. The number of aromatic hydroxyl groups is 1. The highest BCUT2D eigenvalue weighted by Gasteiger charge is 2.20. The minimum atomic E-state index is -0.0177. The number of rotatable bonds is 7. The van der Waals surface area contributed by atoms with E-state index in [2.05, 4.69) is 10.5 Å². The van der Waals surface area contributed by atoms with Gasteiger partial charge in [-0.15, -0.1) is 11.3 Å². The van der Waals surface area contributed by atoms with Crippen LogP contribution in [0.4, 0.5) is 10.8 Å². The van der Waals surface area contributed by atoms with E-state index in [1.54, 1.807) is 26.4 Å². The molecule has 6 nitrogen and oxygen atoms in total. The number of nitrogens with two attached hydrogens (primary N) is 1. The van der Waals surface area contributed by atoms with Crippen LogP contribution >= 0.6 is 11.3 Å². The van der Waals surface area contributed by atoms with Crippen LogP contribution in [0.2, 0.25) is 0 Å². The van der Waals surface area contributed by atoms with Crippen molar-refractivity contribution >= 4 is 22.2 Å². The van der Waals surface area contributed by atoms with Gasteiger partial charge in [0, 0.05) is 11.3 Å². The molecule has 0 aliphatic rings. The lowest BCUT2D eigenvalue weighted by atomic mass is 9.89. The molecule has 0 amide bonds. The molecule has 1 unspecified atom stereocenters. The number of aromatic nitrogens is 1. The number of anilines is 2. The summed E-state index contributed by atoms with van der Waals surface area (Å²) in [7, 11) is 3.22. The summed E-state index contributed by atoms with van der Waals surface area (Å²) in [5.41, 5.74) is 12.5. The lowest BCUT2D eigenvalue weighted by Gasteiger charge is -2.18. The number of phenolic OH excluding ortho intramolecular Hbond substituents is 1. The van der Waals surface area contributed by atoms with Gasteiger partial charge in [-0.25, -0.2) is 4.98 Å². The highest BCUT2D eigenvalue weighted by atomic mass is 32.1. The molecule has 2 aromatic carbocycles. The van der Waals surface area contributed by atoms with Gasteiger partial charge in [0.15, 0.2) is 5.13 Å². The molecule has 26 heavy (non-hydrogen) atoms. The predicted molar refractivity (Wildman–Crippen MR) is 104 cm³/mol. The molecule has 0 saturated carbocycles. The number of nitrogens with one attached hydrogen (secondary N) is 1. The van der Waals surface area contributed by atoms with Gasteiger partial charge in [0.25, 0.3) is 0 Å². The van der Waals surface area contributed by atoms with E-state index in [9.17, 15) is 5.11 Å². The third-order valence-corrected chi connectivity index (χ3v) is 4.81. The summed E-state index contributed by atoms with van der Waals surface area (Å²) in [4.78, 5) is 9.47. The van der Waals surface area contributed by atoms with Crippen LogP contribution in [0.5, 0.6) is 11.5 Å². The second-order valence-corrected chi connectivity index (χ2v) is 6.68. The first kappa shape index (κ1) is 18.0. The Kier molecular flexibility index (Phi) is 5.60. The van der Waals surface area contributed by atoms with E-state index in [0.717, 1.165) is 28.3 Å². The molecule has 0 saturated heterocycles. The fraction of sp³-hybridized carbons (Fsp3) is 0.211. The summed E-state index contributed by atoms with van der Waals surface area (Å²) in [6.07, 6.45) is 0.663. The molecule has 3 rings (SSSR count). The van der Waals surface area contributed by atoms with E-state index in [1.165, 1.54) is 11.3 Å². The molecular formula is C19H21N3O3S. The van der Waals surface area contributed by atoms with Crippen molar-refractivity contribution in [1.82, 2.24) is 4.98 Å². The Hall–Kier alpha value is -2.77. The molecule has 4 N–H and O–H groups in total. The number of thiazole rings is 1. The van der Waals surface area contributed by atoms with Gasteiger partial charge in [-0.2, -0.15) is 0 Å². The monoisotopic (exact) mass is 371 g/mol. The molecule has 0 aliphatic carbocycles. The molecule has 7 heteroatoms. The van der Waals surface area contributed by atoms with E-state index in [-0.39, 0.29) is 11.7 Å². The van der Waals surface area contributed by atoms with Crippen LogP contribution < -0.4 is 16.0 Å². The number of ether oxygens (including phenoxy) is 1. The number of nitrogen functional groups attached to an aromatic ring is 1. The van der Waals surface area contributed by atoms with E-state index < -0.39 is 0 Å². The van der Waals surface area contributed by atoms with Crippen molar-refractivity contribution in [3.63, 3.8) is 0 Å². The van der Waals surface area contributed by atoms with E-state index in [4.69, 9.17) is 15.3 Å². The largest absolute Gasteiger partial charge is 0.508 e. The smallest absolute Gasteiger partial charge is 0.180 e. The van der Waals surface area contributed by atoms with Crippen molar-refractivity contribution in [1.29, 1.82) is 0 Å². The Morgan fingerprint density at radius 1 is 1.19 bits per heavy atom. The fourth-order valence-corrected chi connectivity index (χ4v) is 3.52. The van der Waals surface area contributed by atoms with Crippen LogP contribution in [0.25, 0.3) is 0 Å². The summed E-state index contributed by atoms with van der Waals surface area (Å²) in [6.45, 7) is 0. The SMILES string of the molecule is CONc1ccc(OC)c(CC(c2ccc(O)cc2)c2csc(N)n2)c1. The Morgan fingerprint density at radius 2 is 1.96 bits per heavy atom. The molecule has 3 aromatic rings. The van der Waals surface area contributed by atoms with E-state index in [1.807, 2.05) is 35.7 Å². The van der Waals surface area contributed by atoms with Crippen molar-refractivity contribution in [3.05, 3.63) is 64.7 Å². The highest BCUT2D eigenvalue weighted by Crippen LogP contribution is 2.34. The van der Waals surface area contributed by atoms with Crippen LogP contribution in [0.15, 0.2) is 47.8 Å². The number of phenols is 1. The second kappa shape index (κ2) is 8.07. The maximum absolute atomic E-state index is 9.60. The topological polar surface area (TPSA) is 89.6 Å². The number of benzene rings is 2. The van der Waals surface area contributed by atoms with Crippen LogP contribution in [0.3, 0.4) is 0 Å². The standard InChI is InChI=1S/C19H21N3O3S/c1-24-18-8-5-14(22-25-2)9-13(18)10-16(17-11-26-19(20)21-17)12-3-6-15(23)7-4-12/h3-9,11,16,22-23H,10H2,1-2H3,(H2,20,21). The molecular weight excluding hydrogens is 350 g/mol. The molecule has 0 fully saturated rings. The maximum atomic E-state index is 9.60. The molecule has 0 radical (unpaired) electrons. The minimum Gasteiger partial charge on any atom is -0.508 e. The molecule has 0 bridgehead atoms. The van der Waals surface area contributed by atoms with Crippen LogP contribution in [-0.2, 0) is 11.3 Å². The number of hydrogen-bond donors (Lipinski definition) is 3. The van der Waals surface area contributed by atoms with Gasteiger partial charge in [0.05, 0.1) is 25.6 Å². The summed E-state index contributed by atoms with van der Waals surface area (Å²) in [6, 6.07) is 12.9. The van der Waals surface area contributed by atoms with Crippen molar-refractivity contribution in [2.24, 2.45) is 0 Å². The summed E-state index contributed by atoms with van der Waals surface area (Å²) in [5, 5.41) is 12.1. The van der Waals surface area contributed by atoms with E-state index >= 15 is 0 Å². The molecule has 136 valence electrons. The fourth-order valence-electron chi connectivity index (χ4n) is 2.90. The zero-order valence-corrected chi connectivity index (χ0v) is 15.4. The minimum absolute atomic E-state index is 0.0177. The second-order valence-electron chi connectivity index (χ2n) is 5.79. The number of hydrogen-bond acceptors (Lipinski definition) is 7. The van der Waals surface area contributed by atoms with E-state index in [0.29, 0.717) is 11.6 Å². The Balaban J connectivity index is 2.00. The van der Waals surface area contributed by atoms with Gasteiger partial charge in [-0.05, 0) is 47.9 Å². The average molecular weight is 371 g/mol. The third-order valence-electron chi connectivity index (χ3n) is 4.12. The molecule has 0 spiro atoms. The number of methoxy groups -OCH3 is 1. The quantitative estimate of drug-likeness (QED) is 0.548. The zero-order chi connectivity index (χ0) is 18.5. The summed E-state index contributed by atoms with van der Waals surface area (Å²) >= 11 is 1.42. The summed E-state index contributed by atoms with van der Waals surface area (Å²) in [5.74, 6) is 1.00. The predicted octanol–water partition coefficient (Wildman–Crippen LogP) is 3.79. The first-order valence-electron chi connectivity index (χ1n) is 8.06. The van der Waals surface area contributed by atoms with Gasteiger partial charge >= 0.3 is 0 Å². The molecule has 1 heterocycles. The average Bonchev–Trinajstić information content (AvgIpc) is 3.07.